The van der Waals surface area contributed by atoms with E-state index in [2.05, 4.69) is 34.9 Å². The summed E-state index contributed by atoms with van der Waals surface area (Å²) in [6, 6.07) is 16.5. The molecule has 2 aromatic carbocycles. The standard InChI is InChI=1S/C29H34N2O2/c32-28(26-16-20-1-7-22(26)14-20)30-24-9-3-18(4-10-24)13-19-5-11-25(12-6-19)31-29(33)27-17-21-2-8-23(27)15-21/h3-6,9-12,20-23,26-27H,1-2,7-8,13-17H2,(H,30,32)(H,31,33)/t20-,21-,22-,23-,26-,27+/m0/s1. The molecule has 4 bridgehead atoms. The van der Waals surface area contributed by atoms with Crippen LogP contribution in [-0.4, -0.2) is 11.8 Å². The minimum Gasteiger partial charge on any atom is -0.326 e. The molecule has 4 saturated carbocycles. The highest BCUT2D eigenvalue weighted by Gasteiger charge is 2.43. The monoisotopic (exact) mass is 442 g/mol. The van der Waals surface area contributed by atoms with Gasteiger partial charge in [-0.1, -0.05) is 37.1 Å². The van der Waals surface area contributed by atoms with Crippen molar-refractivity contribution in [3.05, 3.63) is 59.7 Å². The van der Waals surface area contributed by atoms with Crippen LogP contribution in [0.5, 0.6) is 0 Å². The Hall–Kier alpha value is -2.62. The lowest BCUT2D eigenvalue weighted by molar-refractivity contribution is -0.122. The second kappa shape index (κ2) is 8.62. The first-order chi connectivity index (χ1) is 16.1. The van der Waals surface area contributed by atoms with Crippen molar-refractivity contribution in [3.63, 3.8) is 0 Å². The molecule has 2 amide bonds. The van der Waals surface area contributed by atoms with Crippen molar-refractivity contribution in [2.75, 3.05) is 10.6 Å². The van der Waals surface area contributed by atoms with E-state index in [9.17, 15) is 9.59 Å². The lowest BCUT2D eigenvalue weighted by atomic mass is 9.88. The molecule has 0 aromatic heterocycles. The molecule has 0 saturated heterocycles. The SMILES string of the molecule is O=C(Nc1ccc(Cc2ccc(NC(=O)[C@@H]3C[C@H]4CC[C@H]3C4)cc2)cc1)[C@H]1C[C@H]2CC[C@H]1C2. The normalized spacial score (nSPS) is 31.6. The highest BCUT2D eigenvalue weighted by molar-refractivity contribution is 5.93. The zero-order chi connectivity index (χ0) is 22.4. The first kappa shape index (κ1) is 20.9. The fraction of sp³-hybridized carbons (Fsp3) is 0.517. The summed E-state index contributed by atoms with van der Waals surface area (Å²) >= 11 is 0. The van der Waals surface area contributed by atoms with E-state index < -0.39 is 0 Å². The van der Waals surface area contributed by atoms with Crippen molar-refractivity contribution in [1.82, 2.24) is 0 Å². The van der Waals surface area contributed by atoms with E-state index in [1.807, 2.05) is 24.3 Å². The van der Waals surface area contributed by atoms with Gasteiger partial charge in [0.2, 0.25) is 11.8 Å². The number of hydrogen-bond donors (Lipinski definition) is 2. The molecule has 4 aliphatic rings. The van der Waals surface area contributed by atoms with Crippen molar-refractivity contribution in [1.29, 1.82) is 0 Å². The van der Waals surface area contributed by atoms with Crippen LogP contribution in [0.4, 0.5) is 11.4 Å². The van der Waals surface area contributed by atoms with Crippen LogP contribution in [0.2, 0.25) is 0 Å². The van der Waals surface area contributed by atoms with Crippen LogP contribution in [0.3, 0.4) is 0 Å². The Morgan fingerprint density at radius 1 is 0.606 bits per heavy atom. The van der Waals surface area contributed by atoms with Crippen LogP contribution >= 0.6 is 0 Å². The Morgan fingerprint density at radius 3 is 1.36 bits per heavy atom. The molecule has 172 valence electrons. The number of carbonyl (C=O) groups is 2. The van der Waals surface area contributed by atoms with Gasteiger partial charge < -0.3 is 10.6 Å². The maximum atomic E-state index is 12.7. The molecule has 2 aromatic rings. The van der Waals surface area contributed by atoms with Crippen LogP contribution in [-0.2, 0) is 16.0 Å². The third-order valence-electron chi connectivity index (χ3n) is 9.00. The largest absolute Gasteiger partial charge is 0.326 e. The van der Waals surface area contributed by atoms with Gasteiger partial charge in [0.05, 0.1) is 0 Å². The molecule has 6 rings (SSSR count). The van der Waals surface area contributed by atoms with E-state index in [0.717, 1.165) is 42.5 Å². The zero-order valence-electron chi connectivity index (χ0n) is 19.3. The predicted molar refractivity (Wildman–Crippen MR) is 131 cm³/mol. The van der Waals surface area contributed by atoms with Gasteiger partial charge in [-0.3, -0.25) is 9.59 Å². The van der Waals surface area contributed by atoms with Crippen molar-refractivity contribution in [2.24, 2.45) is 35.5 Å². The lowest BCUT2D eigenvalue weighted by Gasteiger charge is -2.21. The number of amides is 2. The number of carbonyl (C=O) groups excluding carboxylic acids is 2. The summed E-state index contributed by atoms with van der Waals surface area (Å²) in [7, 11) is 0. The van der Waals surface area contributed by atoms with Gasteiger partial charge in [-0.05, 0) is 104 Å². The molecular weight excluding hydrogens is 408 g/mol. The first-order valence-electron chi connectivity index (χ1n) is 12.9. The number of rotatable bonds is 6. The second-order valence-electron chi connectivity index (χ2n) is 11.1. The third-order valence-corrected chi connectivity index (χ3v) is 9.00. The van der Waals surface area contributed by atoms with Crippen LogP contribution in [0.25, 0.3) is 0 Å². The van der Waals surface area contributed by atoms with Gasteiger partial charge in [0, 0.05) is 23.2 Å². The van der Waals surface area contributed by atoms with Crippen molar-refractivity contribution in [3.8, 4) is 0 Å². The van der Waals surface area contributed by atoms with Gasteiger partial charge in [0.25, 0.3) is 0 Å². The molecule has 0 aliphatic heterocycles. The molecule has 4 aliphatic carbocycles. The smallest absolute Gasteiger partial charge is 0.227 e. The van der Waals surface area contributed by atoms with E-state index in [-0.39, 0.29) is 23.7 Å². The van der Waals surface area contributed by atoms with Crippen LogP contribution in [0.1, 0.15) is 62.5 Å². The molecule has 33 heavy (non-hydrogen) atoms. The molecule has 4 heteroatoms. The zero-order valence-corrected chi connectivity index (χ0v) is 19.3. The van der Waals surface area contributed by atoms with Crippen molar-refractivity contribution >= 4 is 23.2 Å². The summed E-state index contributed by atoms with van der Waals surface area (Å²) in [6.07, 6.45) is 10.6. The fourth-order valence-electron chi connectivity index (χ4n) is 7.25. The summed E-state index contributed by atoms with van der Waals surface area (Å²) in [4.78, 5) is 25.3. The summed E-state index contributed by atoms with van der Waals surface area (Å²) in [5, 5.41) is 6.28. The quantitative estimate of drug-likeness (QED) is 0.574. The second-order valence-corrected chi connectivity index (χ2v) is 11.1. The average Bonchev–Trinajstić information content (AvgIpc) is 3.63. The van der Waals surface area contributed by atoms with Crippen LogP contribution < -0.4 is 10.6 Å². The number of fused-ring (bicyclic) bond motifs is 4. The number of benzene rings is 2. The molecule has 0 radical (unpaired) electrons. The average molecular weight is 443 g/mol. The summed E-state index contributed by atoms with van der Waals surface area (Å²) in [5.74, 6) is 3.62. The minimum atomic E-state index is 0.206. The lowest BCUT2D eigenvalue weighted by Crippen LogP contribution is -2.27. The van der Waals surface area contributed by atoms with Gasteiger partial charge in [-0.2, -0.15) is 0 Å². The van der Waals surface area contributed by atoms with E-state index in [1.165, 1.54) is 49.7 Å². The van der Waals surface area contributed by atoms with Crippen LogP contribution in [0, 0.1) is 35.5 Å². The maximum absolute atomic E-state index is 12.7. The molecule has 0 spiro atoms. The minimum absolute atomic E-state index is 0.206. The number of nitrogens with one attached hydrogen (secondary N) is 2. The van der Waals surface area contributed by atoms with Gasteiger partial charge >= 0.3 is 0 Å². The molecule has 0 unspecified atom stereocenters. The third kappa shape index (κ3) is 4.32. The highest BCUT2D eigenvalue weighted by Crippen LogP contribution is 2.49. The number of anilines is 2. The fourth-order valence-corrected chi connectivity index (χ4v) is 7.25. The molecule has 6 atom stereocenters. The summed E-state index contributed by atoms with van der Waals surface area (Å²) < 4.78 is 0. The first-order valence-corrected chi connectivity index (χ1v) is 12.9. The van der Waals surface area contributed by atoms with Crippen LogP contribution in [0.15, 0.2) is 48.5 Å². The van der Waals surface area contributed by atoms with Gasteiger partial charge in [0.15, 0.2) is 0 Å². The van der Waals surface area contributed by atoms with Gasteiger partial charge in [0.1, 0.15) is 0 Å². The number of hydrogen-bond acceptors (Lipinski definition) is 2. The molecule has 0 heterocycles. The topological polar surface area (TPSA) is 58.2 Å². The summed E-state index contributed by atoms with van der Waals surface area (Å²) in [6.45, 7) is 0. The Bertz CT molecular complexity index is 945. The Morgan fingerprint density at radius 2 is 1.03 bits per heavy atom. The van der Waals surface area contributed by atoms with E-state index in [4.69, 9.17) is 0 Å². The van der Waals surface area contributed by atoms with Crippen molar-refractivity contribution in [2.45, 2.75) is 57.8 Å². The molecule has 2 N–H and O–H groups in total. The van der Waals surface area contributed by atoms with E-state index >= 15 is 0 Å². The predicted octanol–water partition coefficient (Wildman–Crippen LogP) is 6.03. The Kier molecular flexibility index (Phi) is 5.48. The van der Waals surface area contributed by atoms with E-state index in [1.54, 1.807) is 0 Å². The van der Waals surface area contributed by atoms with Gasteiger partial charge in [-0.15, -0.1) is 0 Å². The van der Waals surface area contributed by atoms with Gasteiger partial charge in [-0.25, -0.2) is 0 Å². The summed E-state index contributed by atoms with van der Waals surface area (Å²) in [5.41, 5.74) is 4.22. The molecule has 4 fully saturated rings. The van der Waals surface area contributed by atoms with Crippen molar-refractivity contribution < 1.29 is 9.59 Å². The highest BCUT2D eigenvalue weighted by atomic mass is 16.2. The molecular formula is C29H34N2O2. The Labute approximate surface area is 196 Å². The molecule has 4 nitrogen and oxygen atoms in total. The van der Waals surface area contributed by atoms with E-state index in [0.29, 0.717) is 11.8 Å². The maximum Gasteiger partial charge on any atom is 0.227 e. The Balaban J connectivity index is 1.01.